The van der Waals surface area contributed by atoms with Crippen LogP contribution in [0.2, 0.25) is 10.0 Å². The zero-order valence-electron chi connectivity index (χ0n) is 17.3. The van der Waals surface area contributed by atoms with Gasteiger partial charge >= 0.3 is 5.97 Å². The fourth-order valence-electron chi connectivity index (χ4n) is 2.66. The minimum absolute atomic E-state index is 0.108. The molecule has 0 saturated carbocycles. The van der Waals surface area contributed by atoms with Crippen LogP contribution in [0.15, 0.2) is 72.8 Å². The number of amides is 2. The smallest absolute Gasteiger partial charge is 0.306 e. The van der Waals surface area contributed by atoms with E-state index >= 15 is 0 Å². The molecule has 2 amide bonds. The van der Waals surface area contributed by atoms with E-state index in [2.05, 4.69) is 10.6 Å². The summed E-state index contributed by atoms with van der Waals surface area (Å²) < 4.78 is 10.6. The molecule has 33 heavy (non-hydrogen) atoms. The van der Waals surface area contributed by atoms with E-state index in [4.69, 9.17) is 32.7 Å². The summed E-state index contributed by atoms with van der Waals surface area (Å²) in [5.74, 6) is -0.245. The lowest BCUT2D eigenvalue weighted by Gasteiger charge is -2.09. The quantitative estimate of drug-likeness (QED) is 0.379. The molecule has 0 aromatic heterocycles. The van der Waals surface area contributed by atoms with Crippen LogP contribution in [-0.4, -0.2) is 24.4 Å². The van der Waals surface area contributed by atoms with E-state index in [1.54, 1.807) is 36.4 Å². The van der Waals surface area contributed by atoms with Gasteiger partial charge in [0.1, 0.15) is 11.5 Å². The highest BCUT2D eigenvalue weighted by molar-refractivity contribution is 6.42. The molecule has 0 bridgehead atoms. The van der Waals surface area contributed by atoms with Gasteiger partial charge in [0.15, 0.2) is 6.61 Å². The third-order valence-corrected chi connectivity index (χ3v) is 4.98. The summed E-state index contributed by atoms with van der Waals surface area (Å²) in [6.45, 7) is -0.463. The van der Waals surface area contributed by atoms with Crippen LogP contribution in [0.3, 0.4) is 0 Å². The van der Waals surface area contributed by atoms with E-state index in [1.165, 1.54) is 6.07 Å². The first-order chi connectivity index (χ1) is 15.9. The van der Waals surface area contributed by atoms with Gasteiger partial charge in [-0.3, -0.25) is 14.4 Å². The van der Waals surface area contributed by atoms with E-state index in [-0.39, 0.29) is 12.8 Å². The number of benzene rings is 3. The molecule has 0 heterocycles. The molecular weight excluding hydrogens is 467 g/mol. The summed E-state index contributed by atoms with van der Waals surface area (Å²) in [5.41, 5.74) is 0.986. The van der Waals surface area contributed by atoms with Crippen LogP contribution < -0.4 is 15.4 Å². The average molecular weight is 487 g/mol. The molecule has 0 fully saturated rings. The maximum Gasteiger partial charge on any atom is 0.306 e. The molecule has 0 spiro atoms. The molecule has 3 aromatic carbocycles. The Morgan fingerprint density at radius 3 is 2.03 bits per heavy atom. The molecule has 3 aromatic rings. The Morgan fingerprint density at radius 2 is 1.33 bits per heavy atom. The highest BCUT2D eigenvalue weighted by Crippen LogP contribution is 2.25. The van der Waals surface area contributed by atoms with Gasteiger partial charge in [0.2, 0.25) is 5.91 Å². The summed E-state index contributed by atoms with van der Waals surface area (Å²) >= 11 is 11.7. The van der Waals surface area contributed by atoms with E-state index in [0.717, 1.165) is 0 Å². The number of rotatable bonds is 9. The van der Waals surface area contributed by atoms with Crippen LogP contribution in [0, 0.1) is 0 Å². The van der Waals surface area contributed by atoms with Crippen molar-refractivity contribution in [2.75, 3.05) is 17.2 Å². The number of halogens is 2. The van der Waals surface area contributed by atoms with Gasteiger partial charge in [0.05, 0.1) is 16.5 Å². The van der Waals surface area contributed by atoms with Gasteiger partial charge in [-0.25, -0.2) is 0 Å². The normalized spacial score (nSPS) is 10.2. The molecule has 2 N–H and O–H groups in total. The van der Waals surface area contributed by atoms with Crippen molar-refractivity contribution in [3.8, 4) is 11.5 Å². The number of carbonyl (C=O) groups excluding carboxylic acids is 3. The van der Waals surface area contributed by atoms with Crippen molar-refractivity contribution in [1.82, 2.24) is 0 Å². The van der Waals surface area contributed by atoms with E-state index in [1.807, 2.05) is 30.3 Å². The zero-order chi connectivity index (χ0) is 23.6. The van der Waals surface area contributed by atoms with Crippen LogP contribution >= 0.6 is 23.2 Å². The van der Waals surface area contributed by atoms with Gasteiger partial charge in [0, 0.05) is 17.8 Å². The number of anilines is 2. The Morgan fingerprint density at radius 1 is 0.697 bits per heavy atom. The molecule has 0 aliphatic heterocycles. The number of carbonyl (C=O) groups is 3. The summed E-state index contributed by atoms with van der Waals surface area (Å²) in [6.07, 6.45) is -0.282. The minimum Gasteiger partial charge on any atom is -0.457 e. The Bertz CT molecular complexity index is 1120. The molecule has 0 atom stereocenters. The SMILES string of the molecule is O=C(CCC(=O)OCC(=O)Nc1ccc(Oc2ccccc2)cc1)Nc1ccc(Cl)c(Cl)c1. The highest BCUT2D eigenvalue weighted by Gasteiger charge is 2.12. The van der Waals surface area contributed by atoms with Crippen molar-refractivity contribution in [3.63, 3.8) is 0 Å². The lowest BCUT2D eigenvalue weighted by Crippen LogP contribution is -2.21. The molecule has 170 valence electrons. The second-order valence-corrected chi connectivity index (χ2v) is 7.64. The van der Waals surface area contributed by atoms with Crippen LogP contribution in [0.1, 0.15) is 12.8 Å². The molecule has 0 radical (unpaired) electrons. The van der Waals surface area contributed by atoms with Crippen LogP contribution in [-0.2, 0) is 19.1 Å². The van der Waals surface area contributed by atoms with Crippen LogP contribution in [0.4, 0.5) is 11.4 Å². The number of hydrogen-bond donors (Lipinski definition) is 2. The Hall–Kier alpha value is -3.55. The standard InChI is InChI=1S/C24H20Cl2N2O5/c25-20-11-8-17(14-21(20)26)28-22(29)12-13-24(31)32-15-23(30)27-16-6-9-19(10-7-16)33-18-4-2-1-3-5-18/h1-11,14H,12-13,15H2,(H,27,30)(H,28,29). The predicted molar refractivity (Wildman–Crippen MR) is 127 cm³/mol. The van der Waals surface area contributed by atoms with Gasteiger partial charge < -0.3 is 20.1 Å². The van der Waals surface area contributed by atoms with E-state index in [0.29, 0.717) is 32.9 Å². The highest BCUT2D eigenvalue weighted by atomic mass is 35.5. The van der Waals surface area contributed by atoms with Gasteiger partial charge in [-0.2, -0.15) is 0 Å². The van der Waals surface area contributed by atoms with Crippen molar-refractivity contribution < 1.29 is 23.9 Å². The summed E-state index contributed by atoms with van der Waals surface area (Å²) in [5, 5.41) is 5.90. The molecule has 9 heteroatoms. The van der Waals surface area contributed by atoms with Crippen LogP contribution in [0.5, 0.6) is 11.5 Å². The lowest BCUT2D eigenvalue weighted by atomic mass is 10.2. The molecule has 0 saturated heterocycles. The van der Waals surface area contributed by atoms with E-state index in [9.17, 15) is 14.4 Å². The lowest BCUT2D eigenvalue weighted by molar-refractivity contribution is -0.147. The number of esters is 1. The largest absolute Gasteiger partial charge is 0.457 e. The van der Waals surface area contributed by atoms with Crippen molar-refractivity contribution in [2.45, 2.75) is 12.8 Å². The second-order valence-electron chi connectivity index (χ2n) is 6.83. The fourth-order valence-corrected chi connectivity index (χ4v) is 2.96. The summed E-state index contributed by atoms with van der Waals surface area (Å²) in [7, 11) is 0. The maximum atomic E-state index is 12.0. The van der Waals surface area contributed by atoms with Gasteiger partial charge in [0.25, 0.3) is 5.91 Å². The molecule has 3 rings (SSSR count). The first-order valence-corrected chi connectivity index (χ1v) is 10.7. The van der Waals surface area contributed by atoms with Crippen molar-refractivity contribution in [2.24, 2.45) is 0 Å². The first-order valence-electron chi connectivity index (χ1n) is 9.92. The Kier molecular flexibility index (Phi) is 8.69. The third-order valence-electron chi connectivity index (χ3n) is 4.24. The third kappa shape index (κ3) is 8.14. The molecule has 7 nitrogen and oxygen atoms in total. The van der Waals surface area contributed by atoms with Crippen molar-refractivity contribution in [3.05, 3.63) is 82.8 Å². The van der Waals surface area contributed by atoms with Gasteiger partial charge in [-0.05, 0) is 54.6 Å². The second kappa shape index (κ2) is 11.9. The Balaban J connectivity index is 1.36. The summed E-state index contributed by atoms with van der Waals surface area (Å²) in [4.78, 5) is 35.8. The maximum absolute atomic E-state index is 12.0. The van der Waals surface area contributed by atoms with Gasteiger partial charge in [-0.1, -0.05) is 41.4 Å². The number of ether oxygens (including phenoxy) is 2. The average Bonchev–Trinajstić information content (AvgIpc) is 2.81. The first kappa shape index (κ1) is 24.1. The van der Waals surface area contributed by atoms with Crippen molar-refractivity contribution >= 4 is 52.4 Å². The fraction of sp³-hybridized carbons (Fsp3) is 0.125. The topological polar surface area (TPSA) is 93.7 Å². The number of nitrogens with one attached hydrogen (secondary N) is 2. The summed E-state index contributed by atoms with van der Waals surface area (Å²) in [6, 6.07) is 20.7. The molecule has 0 aliphatic carbocycles. The molecule has 0 unspecified atom stereocenters. The Labute approximate surface area is 200 Å². The number of hydrogen-bond acceptors (Lipinski definition) is 5. The van der Waals surface area contributed by atoms with Crippen LogP contribution in [0.25, 0.3) is 0 Å². The minimum atomic E-state index is -0.666. The predicted octanol–water partition coefficient (Wildman–Crippen LogP) is 5.69. The molecular formula is C24H20Cl2N2O5. The van der Waals surface area contributed by atoms with Gasteiger partial charge in [-0.15, -0.1) is 0 Å². The van der Waals surface area contributed by atoms with E-state index < -0.39 is 24.4 Å². The zero-order valence-corrected chi connectivity index (χ0v) is 18.9. The molecule has 0 aliphatic rings. The number of para-hydroxylation sites is 1. The monoisotopic (exact) mass is 486 g/mol. The van der Waals surface area contributed by atoms with Crippen molar-refractivity contribution in [1.29, 1.82) is 0 Å².